The van der Waals surface area contributed by atoms with Crippen molar-refractivity contribution < 1.29 is 4.74 Å². The van der Waals surface area contributed by atoms with Gasteiger partial charge in [-0.2, -0.15) is 0 Å². The average Bonchev–Trinajstić information content (AvgIpc) is 2.64. The molecule has 16 heavy (non-hydrogen) atoms. The Morgan fingerprint density at radius 3 is 3.00 bits per heavy atom. The molecule has 0 amide bonds. The molecule has 0 unspecified atom stereocenters. The zero-order chi connectivity index (χ0) is 11.5. The van der Waals surface area contributed by atoms with Gasteiger partial charge in [-0.3, -0.25) is 4.79 Å². The minimum absolute atomic E-state index is 0.165. The zero-order valence-electron chi connectivity index (χ0n) is 8.49. The van der Waals surface area contributed by atoms with Crippen LogP contribution in [0.2, 0.25) is 0 Å². The summed E-state index contributed by atoms with van der Waals surface area (Å²) >= 11 is 4.89. The fourth-order valence-corrected chi connectivity index (χ4v) is 2.62. The van der Waals surface area contributed by atoms with Crippen molar-refractivity contribution in [2.75, 3.05) is 7.11 Å². The van der Waals surface area contributed by atoms with Crippen LogP contribution in [0.25, 0.3) is 10.7 Å². The van der Waals surface area contributed by atoms with E-state index in [2.05, 4.69) is 25.9 Å². The SMILES string of the molecule is COCc1cc(=O)[nH]c(-c2ccc(Br)s2)n1. The van der Waals surface area contributed by atoms with Gasteiger partial charge in [0.2, 0.25) is 0 Å². The second-order valence-corrected chi connectivity index (χ2v) is 5.59. The van der Waals surface area contributed by atoms with E-state index in [-0.39, 0.29) is 5.56 Å². The van der Waals surface area contributed by atoms with Crippen LogP contribution in [0.5, 0.6) is 0 Å². The van der Waals surface area contributed by atoms with Gasteiger partial charge in [-0.05, 0) is 28.1 Å². The molecule has 6 heteroatoms. The third-order valence-corrected chi connectivity index (χ3v) is 3.52. The Balaban J connectivity index is 2.44. The Labute approximate surface area is 104 Å². The number of H-pyrrole nitrogens is 1. The molecule has 1 N–H and O–H groups in total. The molecule has 2 heterocycles. The summed E-state index contributed by atoms with van der Waals surface area (Å²) in [5.74, 6) is 0.579. The second-order valence-electron chi connectivity index (χ2n) is 3.12. The maximum atomic E-state index is 11.4. The Kier molecular flexibility index (Phi) is 3.52. The molecule has 2 aromatic heterocycles. The van der Waals surface area contributed by atoms with Gasteiger partial charge >= 0.3 is 0 Å². The maximum Gasteiger partial charge on any atom is 0.251 e. The normalized spacial score (nSPS) is 10.6. The number of hydrogen-bond donors (Lipinski definition) is 1. The topological polar surface area (TPSA) is 55.0 Å². The molecule has 0 spiro atoms. The number of ether oxygens (including phenoxy) is 1. The number of aromatic amines is 1. The Hall–Kier alpha value is -0.980. The first kappa shape index (κ1) is 11.5. The monoisotopic (exact) mass is 300 g/mol. The zero-order valence-corrected chi connectivity index (χ0v) is 10.9. The molecule has 0 atom stereocenters. The van der Waals surface area contributed by atoms with Gasteiger partial charge in [0.1, 0.15) is 0 Å². The summed E-state index contributed by atoms with van der Waals surface area (Å²) < 4.78 is 5.96. The molecular formula is C10H9BrN2O2S. The van der Waals surface area contributed by atoms with E-state index in [0.717, 1.165) is 8.66 Å². The summed E-state index contributed by atoms with van der Waals surface area (Å²) in [6.45, 7) is 0.337. The minimum atomic E-state index is -0.165. The molecule has 2 rings (SSSR count). The van der Waals surface area contributed by atoms with Gasteiger partial charge < -0.3 is 9.72 Å². The number of nitrogens with one attached hydrogen (secondary N) is 1. The Morgan fingerprint density at radius 1 is 1.56 bits per heavy atom. The summed E-state index contributed by atoms with van der Waals surface area (Å²) in [5.41, 5.74) is 0.465. The van der Waals surface area contributed by atoms with E-state index in [1.807, 2.05) is 12.1 Å². The van der Waals surface area contributed by atoms with Gasteiger partial charge in [0.05, 0.1) is 21.0 Å². The summed E-state index contributed by atoms with van der Waals surface area (Å²) in [4.78, 5) is 19.3. The molecule has 84 valence electrons. The molecule has 2 aromatic rings. The van der Waals surface area contributed by atoms with Crippen LogP contribution in [0.1, 0.15) is 5.69 Å². The van der Waals surface area contributed by atoms with Crippen molar-refractivity contribution >= 4 is 27.3 Å². The lowest BCUT2D eigenvalue weighted by Gasteiger charge is -2.01. The first-order valence-electron chi connectivity index (χ1n) is 4.54. The molecule has 4 nitrogen and oxygen atoms in total. The van der Waals surface area contributed by atoms with Crippen molar-refractivity contribution in [1.82, 2.24) is 9.97 Å². The number of nitrogens with zero attached hydrogens (tertiary/aromatic N) is 1. The highest BCUT2D eigenvalue weighted by Gasteiger charge is 2.06. The van der Waals surface area contributed by atoms with E-state index in [1.165, 1.54) is 17.4 Å². The molecule has 0 fully saturated rings. The average molecular weight is 301 g/mol. The third-order valence-electron chi connectivity index (χ3n) is 1.89. The number of hydrogen-bond acceptors (Lipinski definition) is 4. The predicted octanol–water partition coefficient (Wildman–Crippen LogP) is 2.41. The second kappa shape index (κ2) is 4.90. The molecule has 0 bridgehead atoms. The van der Waals surface area contributed by atoms with Crippen LogP contribution in [0, 0.1) is 0 Å². The van der Waals surface area contributed by atoms with Crippen molar-refractivity contribution in [3.05, 3.63) is 38.0 Å². The van der Waals surface area contributed by atoms with E-state index >= 15 is 0 Å². The van der Waals surface area contributed by atoms with Gasteiger partial charge in [-0.25, -0.2) is 4.98 Å². The lowest BCUT2D eigenvalue weighted by molar-refractivity contribution is 0.181. The molecule has 0 saturated heterocycles. The van der Waals surface area contributed by atoms with Gasteiger partial charge in [0.25, 0.3) is 5.56 Å². The van der Waals surface area contributed by atoms with E-state index in [9.17, 15) is 4.79 Å². The fourth-order valence-electron chi connectivity index (χ4n) is 1.29. The highest BCUT2D eigenvalue weighted by Crippen LogP contribution is 2.28. The lowest BCUT2D eigenvalue weighted by atomic mass is 10.4. The fraction of sp³-hybridized carbons (Fsp3) is 0.200. The van der Waals surface area contributed by atoms with Crippen LogP contribution in [-0.2, 0) is 11.3 Å². The van der Waals surface area contributed by atoms with E-state index < -0.39 is 0 Å². The van der Waals surface area contributed by atoms with Gasteiger partial charge in [-0.15, -0.1) is 11.3 Å². The van der Waals surface area contributed by atoms with Crippen molar-refractivity contribution in [1.29, 1.82) is 0 Å². The van der Waals surface area contributed by atoms with E-state index in [0.29, 0.717) is 18.1 Å². The van der Waals surface area contributed by atoms with Gasteiger partial charge in [-0.1, -0.05) is 0 Å². The van der Waals surface area contributed by atoms with E-state index in [1.54, 1.807) is 7.11 Å². The van der Waals surface area contributed by atoms with Crippen LogP contribution in [0.4, 0.5) is 0 Å². The maximum absolute atomic E-state index is 11.4. The van der Waals surface area contributed by atoms with Crippen LogP contribution >= 0.6 is 27.3 Å². The highest BCUT2D eigenvalue weighted by molar-refractivity contribution is 9.11. The molecule has 0 radical (unpaired) electrons. The van der Waals surface area contributed by atoms with Crippen LogP contribution in [0.3, 0.4) is 0 Å². The van der Waals surface area contributed by atoms with Gasteiger partial charge in [0, 0.05) is 13.2 Å². The van der Waals surface area contributed by atoms with Crippen LogP contribution < -0.4 is 5.56 Å². The van der Waals surface area contributed by atoms with Crippen molar-refractivity contribution in [3.8, 4) is 10.7 Å². The first-order chi connectivity index (χ1) is 7.69. The van der Waals surface area contributed by atoms with Crippen molar-refractivity contribution in [2.24, 2.45) is 0 Å². The standard InChI is InChI=1S/C10H9BrN2O2S/c1-15-5-6-4-9(14)13-10(12-6)7-2-3-8(11)16-7/h2-4H,5H2,1H3,(H,12,13,14). The molecule has 0 aliphatic carbocycles. The lowest BCUT2D eigenvalue weighted by Crippen LogP contribution is -2.10. The molecule has 0 saturated carbocycles. The Bertz CT molecular complexity index is 550. The Morgan fingerprint density at radius 2 is 2.38 bits per heavy atom. The largest absolute Gasteiger partial charge is 0.378 e. The number of halogens is 1. The molecule has 0 aliphatic heterocycles. The summed E-state index contributed by atoms with van der Waals surface area (Å²) in [6, 6.07) is 5.27. The number of thiophene rings is 1. The third kappa shape index (κ3) is 2.58. The highest BCUT2D eigenvalue weighted by atomic mass is 79.9. The summed E-state index contributed by atoms with van der Waals surface area (Å²) in [7, 11) is 1.57. The molecular weight excluding hydrogens is 292 g/mol. The minimum Gasteiger partial charge on any atom is -0.378 e. The van der Waals surface area contributed by atoms with Gasteiger partial charge in [0.15, 0.2) is 5.82 Å². The first-order valence-corrected chi connectivity index (χ1v) is 6.15. The summed E-state index contributed by atoms with van der Waals surface area (Å²) in [6.07, 6.45) is 0. The van der Waals surface area contributed by atoms with Crippen molar-refractivity contribution in [2.45, 2.75) is 6.61 Å². The van der Waals surface area contributed by atoms with Crippen molar-refractivity contribution in [3.63, 3.8) is 0 Å². The molecule has 0 aromatic carbocycles. The van der Waals surface area contributed by atoms with Crippen LogP contribution in [-0.4, -0.2) is 17.1 Å². The number of methoxy groups -OCH3 is 1. The smallest absolute Gasteiger partial charge is 0.251 e. The number of aromatic nitrogens is 2. The quantitative estimate of drug-likeness (QED) is 0.947. The predicted molar refractivity (Wildman–Crippen MR) is 66.6 cm³/mol. The summed E-state index contributed by atoms with van der Waals surface area (Å²) in [5, 5.41) is 0. The molecule has 0 aliphatic rings. The van der Waals surface area contributed by atoms with E-state index in [4.69, 9.17) is 4.74 Å². The van der Waals surface area contributed by atoms with Crippen LogP contribution in [0.15, 0.2) is 26.8 Å². The number of rotatable bonds is 3.